The third-order valence-corrected chi connectivity index (χ3v) is 4.26. The molecule has 0 saturated heterocycles. The molecule has 0 radical (unpaired) electrons. The first-order valence-corrected chi connectivity index (χ1v) is 9.36. The van der Waals surface area contributed by atoms with E-state index in [1.807, 2.05) is 11.5 Å². The Kier molecular flexibility index (Phi) is 4.50. The molecule has 0 saturated carbocycles. The zero-order valence-electron chi connectivity index (χ0n) is 10.8. The van der Waals surface area contributed by atoms with Crippen molar-refractivity contribution in [2.45, 2.75) is 39.3 Å². The van der Waals surface area contributed by atoms with Gasteiger partial charge in [0.2, 0.25) is 0 Å². The van der Waals surface area contributed by atoms with Crippen LogP contribution in [-0.4, -0.2) is 24.2 Å². The van der Waals surface area contributed by atoms with Crippen molar-refractivity contribution in [3.8, 4) is 0 Å². The van der Waals surface area contributed by atoms with Gasteiger partial charge in [-0.25, -0.2) is 4.98 Å². The number of imidazole rings is 1. The molecular formula is C12H22N2OSi. The molecule has 0 fully saturated rings. The fraction of sp³-hybridized carbons (Fsp3) is 0.583. The molecule has 0 amide bonds. The van der Waals surface area contributed by atoms with Crippen molar-refractivity contribution in [1.29, 1.82) is 0 Å². The first-order valence-electron chi connectivity index (χ1n) is 5.66. The highest BCUT2D eigenvalue weighted by atomic mass is 28.3. The van der Waals surface area contributed by atoms with E-state index in [2.05, 4.69) is 31.2 Å². The van der Waals surface area contributed by atoms with Crippen LogP contribution in [0.2, 0.25) is 25.7 Å². The molecule has 1 rings (SSSR count). The van der Waals surface area contributed by atoms with Gasteiger partial charge in [-0.15, -0.1) is 0 Å². The van der Waals surface area contributed by atoms with E-state index in [9.17, 15) is 0 Å². The van der Waals surface area contributed by atoms with Crippen molar-refractivity contribution in [1.82, 2.24) is 9.55 Å². The maximum Gasteiger partial charge on any atom is 0.124 e. The fourth-order valence-electron chi connectivity index (χ4n) is 1.33. The highest BCUT2D eigenvalue weighted by molar-refractivity contribution is 6.76. The normalized spacial score (nSPS) is 11.8. The standard InChI is InChI=1S/C12H22N2OSi/c1-6-12-11(2)14(9-13-12)10-15-7-8-16(3,4)5/h6,9H,1,7-8,10H2,2-5H3. The lowest BCUT2D eigenvalue weighted by atomic mass is 10.3. The van der Waals surface area contributed by atoms with Crippen LogP contribution in [0.4, 0.5) is 0 Å². The lowest BCUT2D eigenvalue weighted by molar-refractivity contribution is 0.0858. The molecule has 0 aliphatic heterocycles. The van der Waals surface area contributed by atoms with Crippen LogP contribution in [0.25, 0.3) is 6.08 Å². The lowest BCUT2D eigenvalue weighted by Crippen LogP contribution is -2.22. The second-order valence-electron chi connectivity index (χ2n) is 5.24. The number of nitrogens with zero attached hydrogens (tertiary/aromatic N) is 2. The molecule has 3 nitrogen and oxygen atoms in total. The summed E-state index contributed by atoms with van der Waals surface area (Å²) in [6, 6.07) is 1.20. The summed E-state index contributed by atoms with van der Waals surface area (Å²) in [7, 11) is -0.977. The summed E-state index contributed by atoms with van der Waals surface area (Å²) in [5, 5.41) is 0. The van der Waals surface area contributed by atoms with E-state index >= 15 is 0 Å². The molecule has 1 heterocycles. The quantitative estimate of drug-likeness (QED) is 0.562. The Labute approximate surface area is 99.2 Å². The van der Waals surface area contributed by atoms with Gasteiger partial charge in [-0.1, -0.05) is 26.2 Å². The van der Waals surface area contributed by atoms with Gasteiger partial charge in [0.05, 0.1) is 12.0 Å². The van der Waals surface area contributed by atoms with E-state index in [-0.39, 0.29) is 0 Å². The molecule has 0 spiro atoms. The molecule has 4 heteroatoms. The molecule has 0 bridgehead atoms. The van der Waals surface area contributed by atoms with Crippen molar-refractivity contribution in [3.05, 3.63) is 24.3 Å². The summed E-state index contributed by atoms with van der Waals surface area (Å²) in [6.45, 7) is 14.3. The minimum Gasteiger partial charge on any atom is -0.361 e. The largest absolute Gasteiger partial charge is 0.361 e. The van der Waals surface area contributed by atoms with Gasteiger partial charge in [0, 0.05) is 20.4 Å². The van der Waals surface area contributed by atoms with Crippen molar-refractivity contribution in [2.24, 2.45) is 0 Å². The van der Waals surface area contributed by atoms with Crippen molar-refractivity contribution in [3.63, 3.8) is 0 Å². The van der Waals surface area contributed by atoms with Crippen molar-refractivity contribution >= 4 is 14.1 Å². The average Bonchev–Trinajstić information content (AvgIpc) is 2.53. The maximum atomic E-state index is 5.66. The van der Waals surface area contributed by atoms with Crippen molar-refractivity contribution < 1.29 is 4.74 Å². The Hall–Kier alpha value is -0.873. The molecule has 0 N–H and O–H groups in total. The van der Waals surface area contributed by atoms with E-state index in [4.69, 9.17) is 4.74 Å². The zero-order valence-corrected chi connectivity index (χ0v) is 11.8. The predicted octanol–water partition coefficient (Wildman–Crippen LogP) is 3.15. The molecular weight excluding hydrogens is 216 g/mol. The highest BCUT2D eigenvalue weighted by Crippen LogP contribution is 2.10. The number of hydrogen-bond acceptors (Lipinski definition) is 2. The lowest BCUT2D eigenvalue weighted by Gasteiger charge is -2.15. The summed E-state index contributed by atoms with van der Waals surface area (Å²) in [5.74, 6) is 0. The van der Waals surface area contributed by atoms with Crippen LogP contribution in [0.15, 0.2) is 12.9 Å². The van der Waals surface area contributed by atoms with Gasteiger partial charge in [-0.2, -0.15) is 0 Å². The molecule has 0 aromatic carbocycles. The maximum absolute atomic E-state index is 5.66. The van der Waals surface area contributed by atoms with E-state index in [0.29, 0.717) is 6.73 Å². The van der Waals surface area contributed by atoms with Gasteiger partial charge in [0.25, 0.3) is 0 Å². The van der Waals surface area contributed by atoms with E-state index in [1.165, 1.54) is 6.04 Å². The smallest absolute Gasteiger partial charge is 0.124 e. The monoisotopic (exact) mass is 238 g/mol. The summed E-state index contributed by atoms with van der Waals surface area (Å²) < 4.78 is 7.67. The van der Waals surface area contributed by atoms with Gasteiger partial charge in [0.1, 0.15) is 6.73 Å². The summed E-state index contributed by atoms with van der Waals surface area (Å²) >= 11 is 0. The third-order valence-electron chi connectivity index (χ3n) is 2.56. The number of ether oxygens (including phenoxy) is 1. The topological polar surface area (TPSA) is 27.1 Å². The molecule has 0 atom stereocenters. The van der Waals surface area contributed by atoms with Gasteiger partial charge in [-0.3, -0.25) is 0 Å². The summed E-state index contributed by atoms with van der Waals surface area (Å²) in [4.78, 5) is 4.24. The Morgan fingerprint density at radius 2 is 2.19 bits per heavy atom. The second kappa shape index (κ2) is 5.45. The minimum atomic E-state index is -0.977. The van der Waals surface area contributed by atoms with Crippen LogP contribution in [-0.2, 0) is 11.5 Å². The Balaban J connectivity index is 2.38. The summed E-state index contributed by atoms with van der Waals surface area (Å²) in [5.41, 5.74) is 2.05. The zero-order chi connectivity index (χ0) is 12.2. The van der Waals surface area contributed by atoms with Gasteiger partial charge < -0.3 is 9.30 Å². The SMILES string of the molecule is C=Cc1ncn(COCC[Si](C)(C)C)c1C. The summed E-state index contributed by atoms with van der Waals surface area (Å²) in [6.07, 6.45) is 3.58. The first-order chi connectivity index (χ1) is 7.44. The second-order valence-corrected chi connectivity index (χ2v) is 10.9. The van der Waals surface area contributed by atoms with Gasteiger partial charge in [0.15, 0.2) is 0 Å². The average molecular weight is 238 g/mol. The Morgan fingerprint density at radius 1 is 1.50 bits per heavy atom. The van der Waals surface area contributed by atoms with Gasteiger partial charge in [-0.05, 0) is 19.0 Å². The van der Waals surface area contributed by atoms with Crippen LogP contribution in [0, 0.1) is 6.92 Å². The molecule has 0 aliphatic rings. The minimum absolute atomic E-state index is 0.594. The number of hydrogen-bond donors (Lipinski definition) is 0. The molecule has 0 aliphatic carbocycles. The highest BCUT2D eigenvalue weighted by Gasteiger charge is 2.12. The first kappa shape index (κ1) is 13.2. The van der Waals surface area contributed by atoms with Crippen LogP contribution >= 0.6 is 0 Å². The Bertz CT molecular complexity index is 352. The predicted molar refractivity (Wildman–Crippen MR) is 71.2 cm³/mol. The van der Waals surface area contributed by atoms with E-state index < -0.39 is 8.07 Å². The fourth-order valence-corrected chi connectivity index (χ4v) is 2.09. The van der Waals surface area contributed by atoms with E-state index in [0.717, 1.165) is 18.0 Å². The van der Waals surface area contributed by atoms with Crippen molar-refractivity contribution in [2.75, 3.05) is 6.61 Å². The van der Waals surface area contributed by atoms with Crippen LogP contribution in [0.5, 0.6) is 0 Å². The Morgan fingerprint density at radius 3 is 2.69 bits per heavy atom. The molecule has 1 aromatic rings. The molecule has 90 valence electrons. The van der Waals surface area contributed by atoms with Gasteiger partial charge >= 0.3 is 0 Å². The number of rotatable bonds is 6. The van der Waals surface area contributed by atoms with Crippen LogP contribution in [0.3, 0.4) is 0 Å². The van der Waals surface area contributed by atoms with Crippen LogP contribution in [0.1, 0.15) is 11.4 Å². The van der Waals surface area contributed by atoms with Crippen LogP contribution < -0.4 is 0 Å². The molecule has 0 unspecified atom stereocenters. The molecule has 1 aromatic heterocycles. The number of aromatic nitrogens is 2. The molecule has 16 heavy (non-hydrogen) atoms. The van der Waals surface area contributed by atoms with E-state index in [1.54, 1.807) is 12.4 Å². The third kappa shape index (κ3) is 3.94.